The normalized spacial score (nSPS) is 14.8. The summed E-state index contributed by atoms with van der Waals surface area (Å²) in [6.07, 6.45) is 4.62. The maximum atomic E-state index is 2.56. The molecule has 2 heterocycles. The summed E-state index contributed by atoms with van der Waals surface area (Å²) >= 11 is 7.66. The molecule has 0 unspecified atom stereocenters. The van der Waals surface area contributed by atoms with Gasteiger partial charge in [-0.1, -0.05) is 147 Å². The van der Waals surface area contributed by atoms with Gasteiger partial charge in [0.05, 0.1) is 0 Å². The first-order valence-corrected chi connectivity index (χ1v) is 19.9. The van der Waals surface area contributed by atoms with Crippen molar-refractivity contribution in [2.75, 3.05) is 0 Å². The van der Waals surface area contributed by atoms with E-state index >= 15 is 0 Å². The Bertz CT molecular complexity index is 2040. The van der Waals surface area contributed by atoms with Crippen LogP contribution in [-0.2, 0) is 5.41 Å². The molecule has 230 valence electrons. The van der Waals surface area contributed by atoms with Crippen molar-refractivity contribution >= 4 is 47.0 Å². The van der Waals surface area contributed by atoms with Crippen molar-refractivity contribution in [1.82, 2.24) is 0 Å². The fraction of sp³-hybridized carbons (Fsp3) is 0.163. The molecular weight excluding hydrogens is 645 g/mol. The zero-order valence-corrected chi connectivity index (χ0v) is 29.8. The molecule has 0 fully saturated rings. The van der Waals surface area contributed by atoms with Crippen molar-refractivity contribution in [1.29, 1.82) is 0 Å². The Hall–Kier alpha value is -3.28. The number of hydrogen-bond acceptors (Lipinski definition) is 4. The van der Waals surface area contributed by atoms with Crippen molar-refractivity contribution in [2.45, 2.75) is 84.1 Å². The quantitative estimate of drug-likeness (QED) is 0.172. The fourth-order valence-corrected chi connectivity index (χ4v) is 12.7. The molecule has 6 aromatic carbocycles. The standard InChI is InChI=1S/C43H34S4/c1-3-23-43(24-4-2)33-25-27(29-11-9-17-39-41(29)46-37-15-7-5-13-35(37)44-39)19-21-31(33)32-22-20-28(26-34(32)43)30-12-10-18-40-42(30)47-38-16-8-6-14-36(38)45-40/h5-22,25-26H,3-4,23-24H2,1-2H3. The molecule has 0 nitrogen and oxygen atoms in total. The summed E-state index contributed by atoms with van der Waals surface area (Å²) in [6.45, 7) is 4.72. The number of benzene rings is 6. The van der Waals surface area contributed by atoms with Gasteiger partial charge in [-0.2, -0.15) is 0 Å². The van der Waals surface area contributed by atoms with E-state index in [1.807, 2.05) is 47.0 Å². The van der Waals surface area contributed by atoms with Gasteiger partial charge >= 0.3 is 0 Å². The third-order valence-electron chi connectivity index (χ3n) is 9.86. The topological polar surface area (TPSA) is 0 Å². The van der Waals surface area contributed by atoms with Gasteiger partial charge in [0.2, 0.25) is 0 Å². The molecule has 6 aromatic rings. The third kappa shape index (κ3) is 4.86. The van der Waals surface area contributed by atoms with E-state index in [1.54, 1.807) is 0 Å². The number of fused-ring (bicyclic) bond motifs is 7. The number of hydrogen-bond donors (Lipinski definition) is 0. The molecule has 0 saturated heterocycles. The molecule has 0 spiro atoms. The van der Waals surface area contributed by atoms with Gasteiger partial charge in [-0.25, -0.2) is 0 Å². The lowest BCUT2D eigenvalue weighted by Crippen LogP contribution is -2.25. The second-order valence-electron chi connectivity index (χ2n) is 12.7. The van der Waals surface area contributed by atoms with Crippen LogP contribution in [0.25, 0.3) is 33.4 Å². The van der Waals surface area contributed by atoms with Crippen LogP contribution in [-0.4, -0.2) is 0 Å². The lowest BCUT2D eigenvalue weighted by molar-refractivity contribution is 0.436. The summed E-state index contributed by atoms with van der Waals surface area (Å²) < 4.78 is 0. The van der Waals surface area contributed by atoms with Crippen LogP contribution in [0.5, 0.6) is 0 Å². The molecule has 0 atom stereocenters. The monoisotopic (exact) mass is 678 g/mol. The van der Waals surface area contributed by atoms with Crippen LogP contribution in [0.15, 0.2) is 160 Å². The third-order valence-corrected chi connectivity index (χ3v) is 15.1. The summed E-state index contributed by atoms with van der Waals surface area (Å²) in [5.74, 6) is 0. The van der Waals surface area contributed by atoms with Gasteiger partial charge in [-0.05, 0) is 106 Å². The van der Waals surface area contributed by atoms with E-state index in [4.69, 9.17) is 0 Å². The maximum Gasteiger partial charge on any atom is 0.0340 e. The van der Waals surface area contributed by atoms with Gasteiger partial charge in [0.25, 0.3) is 0 Å². The Morgan fingerprint density at radius 3 is 1.23 bits per heavy atom. The van der Waals surface area contributed by atoms with Crippen LogP contribution < -0.4 is 0 Å². The molecule has 47 heavy (non-hydrogen) atoms. The van der Waals surface area contributed by atoms with E-state index in [1.165, 1.54) is 83.7 Å². The first kappa shape index (κ1) is 29.8. The van der Waals surface area contributed by atoms with Crippen LogP contribution in [0.3, 0.4) is 0 Å². The van der Waals surface area contributed by atoms with E-state index < -0.39 is 0 Å². The summed E-state index contributed by atoms with van der Waals surface area (Å²) in [5.41, 5.74) is 11.3. The van der Waals surface area contributed by atoms with E-state index in [2.05, 4.69) is 135 Å². The smallest absolute Gasteiger partial charge is 0.0340 e. The Morgan fingerprint density at radius 1 is 0.404 bits per heavy atom. The molecule has 2 aliphatic heterocycles. The van der Waals surface area contributed by atoms with Gasteiger partial charge in [-0.15, -0.1) is 0 Å². The molecule has 0 radical (unpaired) electrons. The average Bonchev–Trinajstić information content (AvgIpc) is 3.37. The van der Waals surface area contributed by atoms with Gasteiger partial charge in [0, 0.05) is 44.6 Å². The van der Waals surface area contributed by atoms with Crippen LogP contribution in [0.1, 0.15) is 50.7 Å². The van der Waals surface area contributed by atoms with Crippen LogP contribution >= 0.6 is 47.0 Å². The molecule has 0 bridgehead atoms. The molecule has 3 aliphatic rings. The molecule has 0 amide bonds. The highest BCUT2D eigenvalue weighted by molar-refractivity contribution is 8.05. The van der Waals surface area contributed by atoms with Crippen molar-refractivity contribution < 1.29 is 0 Å². The second kappa shape index (κ2) is 12.0. The lowest BCUT2D eigenvalue weighted by atomic mass is 9.71. The lowest BCUT2D eigenvalue weighted by Gasteiger charge is -2.33. The minimum absolute atomic E-state index is 0.00680. The second-order valence-corrected chi connectivity index (χ2v) is 16.9. The fourth-order valence-electron chi connectivity index (χ4n) is 7.90. The predicted octanol–water partition coefficient (Wildman–Crippen LogP) is 14.1. The SMILES string of the molecule is CCCC1(CCC)c2cc(-c3cccc4c3Sc3ccccc3S4)ccc2-c2ccc(-c3cccc4c3Sc3ccccc3S4)cc21. The van der Waals surface area contributed by atoms with Crippen molar-refractivity contribution in [2.24, 2.45) is 0 Å². The number of rotatable bonds is 6. The summed E-state index contributed by atoms with van der Waals surface area (Å²) in [4.78, 5) is 10.9. The van der Waals surface area contributed by atoms with Gasteiger partial charge in [0.1, 0.15) is 0 Å². The molecule has 9 rings (SSSR count). The Balaban J connectivity index is 1.17. The first-order valence-electron chi connectivity index (χ1n) is 16.6. The van der Waals surface area contributed by atoms with E-state index in [-0.39, 0.29) is 5.41 Å². The molecule has 0 N–H and O–H groups in total. The molecule has 0 aromatic heterocycles. The highest BCUT2D eigenvalue weighted by Crippen LogP contribution is 2.58. The average molecular weight is 679 g/mol. The van der Waals surface area contributed by atoms with Crippen LogP contribution in [0.2, 0.25) is 0 Å². The molecular formula is C43H34S4. The van der Waals surface area contributed by atoms with Gasteiger partial charge < -0.3 is 0 Å². The van der Waals surface area contributed by atoms with Crippen molar-refractivity contribution in [3.63, 3.8) is 0 Å². The Morgan fingerprint density at radius 2 is 0.809 bits per heavy atom. The van der Waals surface area contributed by atoms with Gasteiger partial charge in [0.15, 0.2) is 0 Å². The molecule has 4 heteroatoms. The van der Waals surface area contributed by atoms with Crippen LogP contribution in [0, 0.1) is 0 Å². The predicted molar refractivity (Wildman–Crippen MR) is 203 cm³/mol. The molecule has 0 saturated carbocycles. The summed E-state index contributed by atoms with van der Waals surface area (Å²) in [5, 5.41) is 0. The largest absolute Gasteiger partial charge is 0.0877 e. The maximum absolute atomic E-state index is 2.56. The minimum Gasteiger partial charge on any atom is -0.0877 e. The Labute approximate surface area is 295 Å². The van der Waals surface area contributed by atoms with Gasteiger partial charge in [-0.3, -0.25) is 0 Å². The van der Waals surface area contributed by atoms with E-state index in [0.717, 1.165) is 25.7 Å². The van der Waals surface area contributed by atoms with Crippen molar-refractivity contribution in [3.8, 4) is 33.4 Å². The Kier molecular flexibility index (Phi) is 7.62. The zero-order valence-electron chi connectivity index (χ0n) is 26.5. The minimum atomic E-state index is 0.00680. The highest BCUT2D eigenvalue weighted by Gasteiger charge is 2.42. The van der Waals surface area contributed by atoms with Crippen LogP contribution in [0.4, 0.5) is 0 Å². The molecule has 1 aliphatic carbocycles. The zero-order chi connectivity index (χ0) is 31.5. The van der Waals surface area contributed by atoms with E-state index in [9.17, 15) is 0 Å². The highest BCUT2D eigenvalue weighted by atomic mass is 32.2. The summed E-state index contributed by atoms with van der Waals surface area (Å²) in [6, 6.07) is 46.1. The first-order chi connectivity index (χ1) is 23.2. The van der Waals surface area contributed by atoms with Crippen molar-refractivity contribution in [3.05, 3.63) is 132 Å². The van der Waals surface area contributed by atoms with E-state index in [0.29, 0.717) is 0 Å². The summed E-state index contributed by atoms with van der Waals surface area (Å²) in [7, 11) is 0.